The monoisotopic (exact) mass is 419 g/mol. The Balaban J connectivity index is 1.75. The number of hydrogen-bond donors (Lipinski definition) is 0. The summed E-state index contributed by atoms with van der Waals surface area (Å²) >= 11 is 0. The average Bonchev–Trinajstić information content (AvgIpc) is 3.19. The van der Waals surface area contributed by atoms with Crippen molar-refractivity contribution in [3.63, 3.8) is 0 Å². The number of hydrogen-bond acceptors (Lipinski definition) is 5. The molecule has 0 amide bonds. The number of rotatable bonds is 6. The van der Waals surface area contributed by atoms with Crippen molar-refractivity contribution in [2.75, 3.05) is 18.1 Å². The Labute approximate surface area is 178 Å². The topological polar surface area (TPSA) is 55.5 Å². The first-order chi connectivity index (χ1) is 14.3. The van der Waals surface area contributed by atoms with Gasteiger partial charge in [-0.15, -0.1) is 10.2 Å². The molecule has 156 valence electrons. The van der Waals surface area contributed by atoms with Gasteiger partial charge in [0.15, 0.2) is 8.32 Å². The summed E-state index contributed by atoms with van der Waals surface area (Å²) in [6.45, 7) is 12.7. The molecule has 2 heterocycles. The van der Waals surface area contributed by atoms with Crippen molar-refractivity contribution in [3.8, 4) is 0 Å². The largest absolute Gasteiger partial charge is 0.415 e. The number of nitrogens with zero attached hydrogens (tertiary/aromatic N) is 5. The van der Waals surface area contributed by atoms with Crippen LogP contribution in [0.15, 0.2) is 60.9 Å². The molecular formula is C23H29N5OSi. The van der Waals surface area contributed by atoms with E-state index >= 15 is 0 Å². The molecule has 0 unspecified atom stereocenters. The summed E-state index contributed by atoms with van der Waals surface area (Å²) in [6.07, 6.45) is 1.71. The third kappa shape index (κ3) is 3.82. The van der Waals surface area contributed by atoms with E-state index in [-0.39, 0.29) is 5.04 Å². The number of fused-ring (bicyclic) bond motifs is 3. The molecule has 0 aliphatic heterocycles. The summed E-state index contributed by atoms with van der Waals surface area (Å²) < 4.78 is 8.41. The molecule has 0 aliphatic rings. The zero-order valence-electron chi connectivity index (χ0n) is 18.3. The molecule has 30 heavy (non-hydrogen) atoms. The van der Waals surface area contributed by atoms with Gasteiger partial charge in [0.05, 0.1) is 12.1 Å². The van der Waals surface area contributed by atoms with Crippen LogP contribution in [-0.4, -0.2) is 41.1 Å². The van der Waals surface area contributed by atoms with Crippen LogP contribution in [0.5, 0.6) is 0 Å². The SMILES string of the molecule is CC(C)(C)[Si](C)(C)OCCN(c1ccccc1)c1nc2nncn2c2ccccc12. The molecule has 0 spiro atoms. The molecule has 0 aliphatic carbocycles. The van der Waals surface area contributed by atoms with Gasteiger partial charge in [0, 0.05) is 17.6 Å². The van der Waals surface area contributed by atoms with E-state index in [4.69, 9.17) is 9.41 Å². The van der Waals surface area contributed by atoms with Crippen molar-refractivity contribution in [2.24, 2.45) is 0 Å². The van der Waals surface area contributed by atoms with Gasteiger partial charge in [-0.2, -0.15) is 4.98 Å². The van der Waals surface area contributed by atoms with Gasteiger partial charge >= 0.3 is 0 Å². The van der Waals surface area contributed by atoms with Crippen LogP contribution in [-0.2, 0) is 4.43 Å². The number of anilines is 2. The van der Waals surface area contributed by atoms with E-state index in [9.17, 15) is 0 Å². The van der Waals surface area contributed by atoms with Crippen molar-refractivity contribution in [1.29, 1.82) is 0 Å². The molecule has 0 radical (unpaired) electrons. The molecule has 0 bridgehead atoms. The molecule has 2 aromatic carbocycles. The van der Waals surface area contributed by atoms with Crippen LogP contribution in [0.25, 0.3) is 16.7 Å². The highest BCUT2D eigenvalue weighted by Crippen LogP contribution is 2.37. The summed E-state index contributed by atoms with van der Waals surface area (Å²) in [6, 6.07) is 18.6. The third-order valence-electron chi connectivity index (χ3n) is 6.05. The lowest BCUT2D eigenvalue weighted by atomic mass is 10.2. The van der Waals surface area contributed by atoms with E-state index in [2.05, 4.69) is 85.4 Å². The van der Waals surface area contributed by atoms with E-state index in [1.54, 1.807) is 6.33 Å². The standard InChI is InChI=1S/C23H29N5OSi/c1-23(2,3)30(4,5)29-16-15-27(18-11-7-6-8-12-18)21-19-13-9-10-14-20(19)28-17-24-26-22(28)25-21/h6-14,17H,15-16H2,1-5H3. The summed E-state index contributed by atoms with van der Waals surface area (Å²) in [7, 11) is -1.83. The fourth-order valence-corrected chi connectivity index (χ4v) is 4.32. The summed E-state index contributed by atoms with van der Waals surface area (Å²) in [5, 5.41) is 9.50. The van der Waals surface area contributed by atoms with E-state index < -0.39 is 8.32 Å². The first-order valence-corrected chi connectivity index (χ1v) is 13.2. The Morgan fingerprint density at radius 3 is 2.43 bits per heavy atom. The Morgan fingerprint density at radius 2 is 1.70 bits per heavy atom. The Morgan fingerprint density at radius 1 is 1.00 bits per heavy atom. The highest BCUT2D eigenvalue weighted by atomic mass is 28.4. The van der Waals surface area contributed by atoms with E-state index in [1.807, 2.05) is 22.6 Å². The minimum Gasteiger partial charge on any atom is -0.415 e. The first kappa shape index (κ1) is 20.5. The van der Waals surface area contributed by atoms with E-state index in [0.29, 0.717) is 18.9 Å². The smallest absolute Gasteiger partial charge is 0.257 e. The minimum atomic E-state index is -1.83. The molecule has 4 rings (SSSR count). The Bertz CT molecular complexity index is 1150. The summed E-state index contributed by atoms with van der Waals surface area (Å²) in [5.74, 6) is 1.46. The normalized spacial score (nSPS) is 12.6. The van der Waals surface area contributed by atoms with Crippen LogP contribution in [0, 0.1) is 0 Å². The second-order valence-corrected chi connectivity index (χ2v) is 13.9. The molecule has 0 N–H and O–H groups in total. The quantitative estimate of drug-likeness (QED) is 0.390. The molecule has 6 nitrogen and oxygen atoms in total. The maximum atomic E-state index is 6.49. The predicted octanol–water partition coefficient (Wildman–Crippen LogP) is 5.44. The van der Waals surface area contributed by atoms with Crippen LogP contribution in [0.1, 0.15) is 20.8 Å². The highest BCUT2D eigenvalue weighted by molar-refractivity contribution is 6.74. The van der Waals surface area contributed by atoms with E-state index in [1.165, 1.54) is 0 Å². The fraction of sp³-hybridized carbons (Fsp3) is 0.348. The van der Waals surface area contributed by atoms with Crippen LogP contribution >= 0.6 is 0 Å². The van der Waals surface area contributed by atoms with Crippen LogP contribution in [0.2, 0.25) is 18.1 Å². The fourth-order valence-electron chi connectivity index (χ4n) is 3.28. The molecule has 0 saturated heterocycles. The van der Waals surface area contributed by atoms with Crippen molar-refractivity contribution in [1.82, 2.24) is 19.6 Å². The maximum absolute atomic E-state index is 6.49. The molecule has 0 atom stereocenters. The molecule has 7 heteroatoms. The molecular weight excluding hydrogens is 390 g/mol. The third-order valence-corrected chi connectivity index (χ3v) is 10.6. The van der Waals surface area contributed by atoms with Gasteiger partial charge < -0.3 is 9.33 Å². The lowest BCUT2D eigenvalue weighted by Crippen LogP contribution is -2.42. The molecule has 0 fully saturated rings. The van der Waals surface area contributed by atoms with Gasteiger partial charge in [0.1, 0.15) is 12.1 Å². The van der Waals surface area contributed by atoms with Crippen molar-refractivity contribution in [2.45, 2.75) is 38.9 Å². The van der Waals surface area contributed by atoms with Crippen LogP contribution in [0.3, 0.4) is 0 Å². The summed E-state index contributed by atoms with van der Waals surface area (Å²) in [4.78, 5) is 7.10. The minimum absolute atomic E-state index is 0.177. The van der Waals surface area contributed by atoms with Crippen LogP contribution < -0.4 is 4.90 Å². The zero-order chi connectivity index (χ0) is 21.4. The number of aromatic nitrogens is 4. The highest BCUT2D eigenvalue weighted by Gasteiger charge is 2.37. The maximum Gasteiger partial charge on any atom is 0.257 e. The van der Waals surface area contributed by atoms with Crippen LogP contribution in [0.4, 0.5) is 11.5 Å². The Kier molecular flexibility index (Phi) is 5.34. The summed E-state index contributed by atoms with van der Waals surface area (Å²) in [5.41, 5.74) is 2.12. The second-order valence-electron chi connectivity index (χ2n) is 9.05. The zero-order valence-corrected chi connectivity index (χ0v) is 19.3. The first-order valence-electron chi connectivity index (χ1n) is 10.3. The van der Waals surface area contributed by atoms with Gasteiger partial charge in [-0.05, 0) is 42.4 Å². The Hall–Kier alpha value is -2.77. The number of benzene rings is 2. The van der Waals surface area contributed by atoms with Crippen molar-refractivity contribution >= 4 is 36.5 Å². The van der Waals surface area contributed by atoms with Crippen molar-refractivity contribution < 1.29 is 4.43 Å². The molecule has 4 aromatic rings. The van der Waals surface area contributed by atoms with Gasteiger partial charge in [-0.25, -0.2) is 0 Å². The van der Waals surface area contributed by atoms with Crippen molar-refractivity contribution in [3.05, 3.63) is 60.9 Å². The number of para-hydroxylation sites is 2. The average molecular weight is 420 g/mol. The van der Waals surface area contributed by atoms with Gasteiger partial charge in [0.2, 0.25) is 0 Å². The van der Waals surface area contributed by atoms with Gasteiger partial charge in [0.25, 0.3) is 5.78 Å². The van der Waals surface area contributed by atoms with Gasteiger partial charge in [-0.1, -0.05) is 51.1 Å². The lowest BCUT2D eigenvalue weighted by Gasteiger charge is -2.37. The lowest BCUT2D eigenvalue weighted by molar-refractivity contribution is 0.297. The predicted molar refractivity (Wildman–Crippen MR) is 125 cm³/mol. The van der Waals surface area contributed by atoms with E-state index in [0.717, 1.165) is 22.4 Å². The molecule has 0 saturated carbocycles. The molecule has 2 aromatic heterocycles. The van der Waals surface area contributed by atoms with Gasteiger partial charge in [-0.3, -0.25) is 4.40 Å². The second kappa shape index (κ2) is 7.81.